The molecule has 0 unspecified atom stereocenters. The summed E-state index contributed by atoms with van der Waals surface area (Å²) in [6.07, 6.45) is 2.30. The average molecular weight is 286 g/mol. The van der Waals surface area contributed by atoms with Gasteiger partial charge in [-0.15, -0.1) is 0 Å². The Morgan fingerprint density at radius 3 is 2.86 bits per heavy atom. The summed E-state index contributed by atoms with van der Waals surface area (Å²) < 4.78 is 1.76. The van der Waals surface area contributed by atoms with E-state index in [-0.39, 0.29) is 5.91 Å². The molecule has 1 amide bonds. The predicted molar refractivity (Wildman–Crippen MR) is 82.3 cm³/mol. The van der Waals surface area contributed by atoms with Gasteiger partial charge in [0, 0.05) is 25.8 Å². The van der Waals surface area contributed by atoms with Crippen molar-refractivity contribution in [3.63, 3.8) is 0 Å². The fourth-order valence-corrected chi connectivity index (χ4v) is 3.28. The van der Waals surface area contributed by atoms with Gasteiger partial charge < -0.3 is 4.90 Å². The van der Waals surface area contributed by atoms with Gasteiger partial charge in [-0.05, 0) is 38.7 Å². The van der Waals surface area contributed by atoms with E-state index in [4.69, 9.17) is 0 Å². The van der Waals surface area contributed by atoms with Crippen LogP contribution in [0.1, 0.15) is 41.5 Å². The molecule has 1 atom stereocenters. The summed E-state index contributed by atoms with van der Waals surface area (Å²) in [7, 11) is 1.87. The van der Waals surface area contributed by atoms with Crippen LogP contribution in [0.25, 0.3) is 11.0 Å². The van der Waals surface area contributed by atoms with Crippen LogP contribution in [0.5, 0.6) is 0 Å². The van der Waals surface area contributed by atoms with Gasteiger partial charge in [0.05, 0.1) is 16.6 Å². The Morgan fingerprint density at radius 1 is 1.38 bits per heavy atom. The summed E-state index contributed by atoms with van der Waals surface area (Å²) >= 11 is 0. The molecule has 0 spiro atoms. The number of nitrogens with zero attached hydrogens (tertiary/aromatic N) is 4. The molecule has 112 valence electrons. The Morgan fingerprint density at radius 2 is 2.14 bits per heavy atom. The quantitative estimate of drug-likeness (QED) is 0.809. The van der Waals surface area contributed by atoms with Gasteiger partial charge in [-0.2, -0.15) is 5.10 Å². The highest BCUT2D eigenvalue weighted by Crippen LogP contribution is 2.25. The van der Waals surface area contributed by atoms with Crippen LogP contribution in [-0.4, -0.2) is 38.7 Å². The monoisotopic (exact) mass is 286 g/mol. The number of carbonyl (C=O) groups excluding carboxylic acids is 1. The normalized spacial score (nSPS) is 19.2. The standard InChI is InChI=1S/C16H22N4O/c1-10-6-5-7-20(9-10)16(21)13-8-11(2)17-15-14(13)12(3)18-19(15)4/h8,10H,5-7,9H2,1-4H3/t10-/m1/s1. The van der Waals surface area contributed by atoms with Gasteiger partial charge in [-0.3, -0.25) is 9.48 Å². The van der Waals surface area contributed by atoms with Crippen LogP contribution in [0.4, 0.5) is 0 Å². The molecular formula is C16H22N4O. The van der Waals surface area contributed by atoms with Gasteiger partial charge in [0.1, 0.15) is 0 Å². The number of likely N-dealkylation sites (tertiary alicyclic amines) is 1. The lowest BCUT2D eigenvalue weighted by Crippen LogP contribution is -2.39. The van der Waals surface area contributed by atoms with E-state index < -0.39 is 0 Å². The molecule has 2 aromatic heterocycles. The van der Waals surface area contributed by atoms with Crippen molar-refractivity contribution in [2.75, 3.05) is 13.1 Å². The van der Waals surface area contributed by atoms with E-state index in [9.17, 15) is 4.79 Å². The number of amides is 1. The molecule has 2 aromatic rings. The van der Waals surface area contributed by atoms with E-state index in [0.29, 0.717) is 5.92 Å². The molecule has 21 heavy (non-hydrogen) atoms. The topological polar surface area (TPSA) is 51.0 Å². The number of aromatic nitrogens is 3. The van der Waals surface area contributed by atoms with Gasteiger partial charge in [-0.25, -0.2) is 4.98 Å². The highest BCUT2D eigenvalue weighted by molar-refractivity contribution is 6.06. The van der Waals surface area contributed by atoms with Gasteiger partial charge in [0.2, 0.25) is 0 Å². The van der Waals surface area contributed by atoms with Crippen LogP contribution in [-0.2, 0) is 7.05 Å². The fourth-order valence-electron chi connectivity index (χ4n) is 3.28. The molecule has 3 rings (SSSR count). The van der Waals surface area contributed by atoms with Crippen molar-refractivity contribution < 1.29 is 4.79 Å². The van der Waals surface area contributed by atoms with E-state index in [1.165, 1.54) is 6.42 Å². The highest BCUT2D eigenvalue weighted by Gasteiger charge is 2.25. The first-order valence-electron chi connectivity index (χ1n) is 7.57. The first-order valence-corrected chi connectivity index (χ1v) is 7.57. The number of fused-ring (bicyclic) bond motifs is 1. The van der Waals surface area contributed by atoms with Crippen LogP contribution in [0.2, 0.25) is 0 Å². The van der Waals surface area contributed by atoms with Gasteiger partial charge in [0.15, 0.2) is 5.65 Å². The molecule has 5 nitrogen and oxygen atoms in total. The molecule has 0 aromatic carbocycles. The SMILES string of the molecule is Cc1cc(C(=O)N2CCC[C@@H](C)C2)c2c(C)nn(C)c2n1. The zero-order valence-corrected chi connectivity index (χ0v) is 13.2. The lowest BCUT2D eigenvalue weighted by Gasteiger charge is -2.31. The van der Waals surface area contributed by atoms with Gasteiger partial charge in [-0.1, -0.05) is 6.92 Å². The van der Waals surface area contributed by atoms with Crippen molar-refractivity contribution in [3.8, 4) is 0 Å². The average Bonchev–Trinajstić information content (AvgIpc) is 2.72. The summed E-state index contributed by atoms with van der Waals surface area (Å²) in [6.45, 7) is 7.78. The van der Waals surface area contributed by atoms with E-state index in [2.05, 4.69) is 17.0 Å². The molecular weight excluding hydrogens is 264 g/mol. The molecule has 3 heterocycles. The second-order valence-electron chi connectivity index (χ2n) is 6.22. The molecule has 1 aliphatic rings. The highest BCUT2D eigenvalue weighted by atomic mass is 16.2. The Bertz CT molecular complexity index is 704. The summed E-state index contributed by atoms with van der Waals surface area (Å²) in [4.78, 5) is 19.4. The van der Waals surface area contributed by atoms with Crippen molar-refractivity contribution in [1.82, 2.24) is 19.7 Å². The number of piperidine rings is 1. The molecule has 0 saturated carbocycles. The number of pyridine rings is 1. The largest absolute Gasteiger partial charge is 0.338 e. The Balaban J connectivity index is 2.09. The maximum Gasteiger partial charge on any atom is 0.254 e. The van der Waals surface area contributed by atoms with Crippen LogP contribution < -0.4 is 0 Å². The van der Waals surface area contributed by atoms with Crippen molar-refractivity contribution in [1.29, 1.82) is 0 Å². The van der Waals surface area contributed by atoms with Crippen molar-refractivity contribution >= 4 is 16.9 Å². The van der Waals surface area contributed by atoms with E-state index in [1.54, 1.807) is 4.68 Å². The number of hydrogen-bond acceptors (Lipinski definition) is 3. The summed E-state index contributed by atoms with van der Waals surface area (Å²) in [6, 6.07) is 1.90. The molecule has 1 aliphatic heterocycles. The third-order valence-corrected chi connectivity index (χ3v) is 4.27. The lowest BCUT2D eigenvalue weighted by atomic mass is 9.99. The van der Waals surface area contributed by atoms with Crippen LogP contribution in [0, 0.1) is 19.8 Å². The fraction of sp³-hybridized carbons (Fsp3) is 0.562. The second kappa shape index (κ2) is 5.13. The molecule has 1 fully saturated rings. The number of rotatable bonds is 1. The molecule has 0 radical (unpaired) electrons. The first-order chi connectivity index (χ1) is 9.97. The van der Waals surface area contributed by atoms with Crippen LogP contribution >= 0.6 is 0 Å². The van der Waals surface area contributed by atoms with Crippen LogP contribution in [0.15, 0.2) is 6.07 Å². The Kier molecular flexibility index (Phi) is 3.43. The zero-order valence-electron chi connectivity index (χ0n) is 13.2. The molecule has 0 bridgehead atoms. The molecule has 1 saturated heterocycles. The molecule has 0 N–H and O–H groups in total. The van der Waals surface area contributed by atoms with Gasteiger partial charge >= 0.3 is 0 Å². The zero-order chi connectivity index (χ0) is 15.1. The second-order valence-corrected chi connectivity index (χ2v) is 6.22. The minimum atomic E-state index is 0.119. The van der Waals surface area contributed by atoms with Crippen molar-refractivity contribution in [2.24, 2.45) is 13.0 Å². The van der Waals surface area contributed by atoms with Crippen molar-refractivity contribution in [3.05, 3.63) is 23.0 Å². The minimum Gasteiger partial charge on any atom is -0.338 e. The number of aryl methyl sites for hydroxylation is 3. The minimum absolute atomic E-state index is 0.119. The number of carbonyl (C=O) groups is 1. The molecule has 0 aliphatic carbocycles. The third kappa shape index (κ3) is 2.41. The van der Waals surface area contributed by atoms with Crippen LogP contribution in [0.3, 0.4) is 0 Å². The maximum atomic E-state index is 12.9. The maximum absolute atomic E-state index is 12.9. The first kappa shape index (κ1) is 14.0. The number of hydrogen-bond donors (Lipinski definition) is 0. The molecule has 5 heteroatoms. The summed E-state index contributed by atoms with van der Waals surface area (Å²) in [5.74, 6) is 0.698. The third-order valence-electron chi connectivity index (χ3n) is 4.27. The Hall–Kier alpha value is -1.91. The smallest absolute Gasteiger partial charge is 0.254 e. The summed E-state index contributed by atoms with van der Waals surface area (Å²) in [5, 5.41) is 5.31. The lowest BCUT2D eigenvalue weighted by molar-refractivity contribution is 0.0685. The van der Waals surface area contributed by atoms with Gasteiger partial charge in [0.25, 0.3) is 5.91 Å². The van der Waals surface area contributed by atoms with E-state index in [0.717, 1.165) is 47.5 Å². The predicted octanol–water partition coefficient (Wildman–Crippen LogP) is 2.46. The Labute approximate surface area is 125 Å². The van der Waals surface area contributed by atoms with E-state index in [1.807, 2.05) is 31.9 Å². The summed E-state index contributed by atoms with van der Waals surface area (Å²) in [5.41, 5.74) is 3.27. The van der Waals surface area contributed by atoms with E-state index >= 15 is 0 Å². The van der Waals surface area contributed by atoms with Crippen molar-refractivity contribution in [2.45, 2.75) is 33.6 Å².